The average molecular weight is 279 g/mol. The summed E-state index contributed by atoms with van der Waals surface area (Å²) in [7, 11) is 0. The van der Waals surface area contributed by atoms with Gasteiger partial charge in [0.1, 0.15) is 0 Å². The highest BCUT2D eigenvalue weighted by molar-refractivity contribution is 4.94. The lowest BCUT2D eigenvalue weighted by Crippen LogP contribution is -2.33. The molecule has 0 heterocycles. The van der Waals surface area contributed by atoms with Gasteiger partial charge in [-0.1, -0.05) is 52.4 Å². The molecule has 0 aromatic carbocycles. The molecular formula is C18H33NO. The Labute approximate surface area is 125 Å². The molecule has 0 aromatic rings. The second-order valence-corrected chi connectivity index (χ2v) is 6.54. The van der Waals surface area contributed by atoms with E-state index < -0.39 is 0 Å². The molecule has 0 aromatic heterocycles. The molecule has 0 N–H and O–H groups in total. The van der Waals surface area contributed by atoms with Crippen LogP contribution in [-0.2, 0) is 4.74 Å². The number of nitrogens with zero attached hydrogens (tertiary/aromatic N) is 1. The third-order valence-corrected chi connectivity index (χ3v) is 4.63. The van der Waals surface area contributed by atoms with Crippen molar-refractivity contribution < 1.29 is 4.74 Å². The molecule has 2 nitrogen and oxygen atoms in total. The minimum atomic E-state index is 0.126. The molecule has 1 saturated carbocycles. The highest BCUT2D eigenvalue weighted by Gasteiger charge is 2.31. The Morgan fingerprint density at radius 2 is 1.95 bits per heavy atom. The predicted octanol–water partition coefficient (Wildman–Crippen LogP) is 5.47. The van der Waals surface area contributed by atoms with Gasteiger partial charge in [0.2, 0.25) is 0 Å². The maximum absolute atomic E-state index is 9.31. The molecule has 1 rings (SSSR count). The second kappa shape index (κ2) is 10.2. The van der Waals surface area contributed by atoms with E-state index in [4.69, 9.17) is 4.74 Å². The molecule has 1 fully saturated rings. The molecule has 0 bridgehead atoms. The molecule has 0 radical (unpaired) electrons. The molecule has 20 heavy (non-hydrogen) atoms. The Morgan fingerprint density at radius 3 is 2.60 bits per heavy atom. The Morgan fingerprint density at radius 1 is 1.15 bits per heavy atom. The van der Waals surface area contributed by atoms with Gasteiger partial charge in [0, 0.05) is 0 Å². The third kappa shape index (κ3) is 6.27. The van der Waals surface area contributed by atoms with Crippen molar-refractivity contribution in [1.82, 2.24) is 0 Å². The number of hydrogen-bond acceptors (Lipinski definition) is 2. The van der Waals surface area contributed by atoms with Gasteiger partial charge in [-0.15, -0.1) is 0 Å². The summed E-state index contributed by atoms with van der Waals surface area (Å²) in [5.74, 6) is 0.906. The first-order valence-electron chi connectivity index (χ1n) is 8.76. The van der Waals surface area contributed by atoms with Crippen molar-refractivity contribution in [2.24, 2.45) is 11.8 Å². The number of nitriles is 1. The van der Waals surface area contributed by atoms with Gasteiger partial charge in [0.25, 0.3) is 0 Å². The summed E-state index contributed by atoms with van der Waals surface area (Å²) in [4.78, 5) is 0. The van der Waals surface area contributed by atoms with E-state index in [1.807, 2.05) is 0 Å². The van der Waals surface area contributed by atoms with Crippen molar-refractivity contribution >= 4 is 0 Å². The van der Waals surface area contributed by atoms with Gasteiger partial charge in [-0.05, 0) is 38.5 Å². The zero-order chi connectivity index (χ0) is 14.8. The molecule has 4 atom stereocenters. The first-order valence-corrected chi connectivity index (χ1v) is 8.76. The van der Waals surface area contributed by atoms with E-state index in [1.165, 1.54) is 44.9 Å². The molecule has 1 aliphatic carbocycles. The second-order valence-electron chi connectivity index (χ2n) is 6.54. The van der Waals surface area contributed by atoms with Crippen LogP contribution in [0, 0.1) is 23.2 Å². The van der Waals surface area contributed by atoms with Crippen molar-refractivity contribution in [3.05, 3.63) is 0 Å². The van der Waals surface area contributed by atoms with E-state index in [1.54, 1.807) is 0 Å². The zero-order valence-corrected chi connectivity index (χ0v) is 13.7. The van der Waals surface area contributed by atoms with Crippen molar-refractivity contribution in [2.45, 2.75) is 97.2 Å². The molecule has 0 saturated heterocycles. The van der Waals surface area contributed by atoms with E-state index in [9.17, 15) is 5.26 Å². The first kappa shape index (κ1) is 17.5. The smallest absolute Gasteiger partial charge is 0.0739 e. The third-order valence-electron chi connectivity index (χ3n) is 4.63. The fourth-order valence-electron chi connectivity index (χ4n) is 3.41. The molecule has 0 aliphatic heterocycles. The van der Waals surface area contributed by atoms with Gasteiger partial charge in [-0.25, -0.2) is 0 Å². The minimum Gasteiger partial charge on any atom is -0.374 e. The SMILES string of the molecule is CCCCCCC(C)OC1CC(CCC)CCC1C#N. The van der Waals surface area contributed by atoms with E-state index in [-0.39, 0.29) is 12.0 Å². The lowest BCUT2D eigenvalue weighted by molar-refractivity contribution is -0.0549. The molecule has 0 amide bonds. The molecular weight excluding hydrogens is 246 g/mol. The number of ether oxygens (including phenoxy) is 1. The van der Waals surface area contributed by atoms with Gasteiger partial charge in [-0.2, -0.15) is 5.26 Å². The Kier molecular flexibility index (Phi) is 8.94. The molecule has 0 spiro atoms. The quantitative estimate of drug-likeness (QED) is 0.524. The Bertz CT molecular complexity index is 284. The number of unbranched alkanes of at least 4 members (excludes halogenated alkanes) is 3. The van der Waals surface area contributed by atoms with Crippen molar-refractivity contribution in [3.63, 3.8) is 0 Å². The van der Waals surface area contributed by atoms with Gasteiger partial charge < -0.3 is 4.74 Å². The van der Waals surface area contributed by atoms with Crippen LogP contribution in [0.2, 0.25) is 0 Å². The predicted molar refractivity (Wildman–Crippen MR) is 84.4 cm³/mol. The highest BCUT2D eigenvalue weighted by atomic mass is 16.5. The van der Waals surface area contributed by atoms with Gasteiger partial charge >= 0.3 is 0 Å². The molecule has 2 heteroatoms. The summed E-state index contributed by atoms with van der Waals surface area (Å²) in [6, 6.07) is 2.47. The Hall–Kier alpha value is -0.550. The van der Waals surface area contributed by atoms with Crippen LogP contribution < -0.4 is 0 Å². The largest absolute Gasteiger partial charge is 0.374 e. The van der Waals surface area contributed by atoms with Crippen LogP contribution in [0.25, 0.3) is 0 Å². The van der Waals surface area contributed by atoms with Gasteiger partial charge in [0.15, 0.2) is 0 Å². The topological polar surface area (TPSA) is 33.0 Å². The van der Waals surface area contributed by atoms with E-state index in [0.717, 1.165) is 25.2 Å². The van der Waals surface area contributed by atoms with Crippen LogP contribution in [0.3, 0.4) is 0 Å². The summed E-state index contributed by atoms with van der Waals surface area (Å²) >= 11 is 0. The lowest BCUT2D eigenvalue weighted by atomic mass is 9.78. The highest BCUT2D eigenvalue weighted by Crippen LogP contribution is 2.34. The summed E-state index contributed by atoms with van der Waals surface area (Å²) in [6.45, 7) is 6.68. The maximum Gasteiger partial charge on any atom is 0.0739 e. The van der Waals surface area contributed by atoms with Gasteiger partial charge in [0.05, 0.1) is 24.2 Å². The fraction of sp³-hybridized carbons (Fsp3) is 0.944. The summed E-state index contributed by atoms with van der Waals surface area (Å²) < 4.78 is 6.23. The first-order chi connectivity index (χ1) is 9.71. The summed E-state index contributed by atoms with van der Waals surface area (Å²) in [5.41, 5.74) is 0. The van der Waals surface area contributed by atoms with Crippen LogP contribution >= 0.6 is 0 Å². The van der Waals surface area contributed by atoms with E-state index in [2.05, 4.69) is 26.8 Å². The van der Waals surface area contributed by atoms with Crippen LogP contribution in [0.1, 0.15) is 85.0 Å². The van der Waals surface area contributed by atoms with Gasteiger partial charge in [-0.3, -0.25) is 0 Å². The van der Waals surface area contributed by atoms with Crippen molar-refractivity contribution in [1.29, 1.82) is 5.26 Å². The van der Waals surface area contributed by atoms with Crippen molar-refractivity contribution in [3.8, 4) is 6.07 Å². The number of rotatable bonds is 9. The summed E-state index contributed by atoms with van der Waals surface area (Å²) in [5, 5.41) is 9.31. The minimum absolute atomic E-state index is 0.126. The van der Waals surface area contributed by atoms with Crippen LogP contribution in [0.4, 0.5) is 0 Å². The van der Waals surface area contributed by atoms with Crippen molar-refractivity contribution in [2.75, 3.05) is 0 Å². The van der Waals surface area contributed by atoms with E-state index in [0.29, 0.717) is 6.10 Å². The molecule has 4 unspecified atom stereocenters. The molecule has 116 valence electrons. The van der Waals surface area contributed by atoms with Crippen LogP contribution in [0.15, 0.2) is 0 Å². The maximum atomic E-state index is 9.31. The van der Waals surface area contributed by atoms with Crippen LogP contribution in [-0.4, -0.2) is 12.2 Å². The van der Waals surface area contributed by atoms with E-state index >= 15 is 0 Å². The lowest BCUT2D eigenvalue weighted by Gasteiger charge is -2.34. The monoisotopic (exact) mass is 279 g/mol. The Balaban J connectivity index is 2.34. The molecule has 1 aliphatic rings. The standard InChI is InChI=1S/C18H33NO/c1-4-6-7-8-10-15(3)20-18-13-16(9-5-2)11-12-17(18)14-19/h15-18H,4-13H2,1-3H3. The normalized spacial score (nSPS) is 28.0. The fourth-order valence-corrected chi connectivity index (χ4v) is 3.41. The number of hydrogen-bond donors (Lipinski definition) is 0. The average Bonchev–Trinajstić information content (AvgIpc) is 2.44. The zero-order valence-electron chi connectivity index (χ0n) is 13.7. The summed E-state index contributed by atoms with van der Waals surface area (Å²) in [6.07, 6.45) is 12.7. The van der Waals surface area contributed by atoms with Crippen LogP contribution in [0.5, 0.6) is 0 Å².